The van der Waals surface area contributed by atoms with Gasteiger partial charge in [0.05, 0.1) is 19.8 Å². The Bertz CT molecular complexity index is 598. The lowest BCUT2D eigenvalue weighted by Crippen LogP contribution is -2.39. The lowest BCUT2D eigenvalue weighted by atomic mass is 10.1. The van der Waals surface area contributed by atoms with E-state index in [2.05, 4.69) is 12.1 Å². The average molecular weight is 321 g/mol. The highest BCUT2D eigenvalue weighted by Crippen LogP contribution is 2.34. The third-order valence-corrected chi connectivity index (χ3v) is 5.11. The minimum absolute atomic E-state index is 0.212. The van der Waals surface area contributed by atoms with Crippen molar-refractivity contribution in [2.75, 3.05) is 19.8 Å². The molecule has 0 unspecified atom stereocenters. The Balaban J connectivity index is 1.72. The Morgan fingerprint density at radius 2 is 2.18 bits per heavy atom. The van der Waals surface area contributed by atoms with E-state index in [9.17, 15) is 4.79 Å². The molecule has 0 aromatic carbocycles. The van der Waals surface area contributed by atoms with Crippen LogP contribution in [-0.4, -0.2) is 36.4 Å². The molecule has 0 saturated heterocycles. The number of carbonyl (C=O) groups excluding carboxylic acids is 1. The lowest BCUT2D eigenvalue weighted by Gasteiger charge is -2.29. The summed E-state index contributed by atoms with van der Waals surface area (Å²) in [5, 5.41) is 0. The van der Waals surface area contributed by atoms with Gasteiger partial charge in [0.1, 0.15) is 5.60 Å². The average Bonchev–Trinajstić information content (AvgIpc) is 2.89. The van der Waals surface area contributed by atoms with Gasteiger partial charge in [0.25, 0.3) is 0 Å². The Morgan fingerprint density at radius 3 is 2.86 bits per heavy atom. The van der Waals surface area contributed by atoms with Crippen molar-refractivity contribution in [3.05, 3.63) is 27.5 Å². The molecule has 22 heavy (non-hydrogen) atoms. The summed E-state index contributed by atoms with van der Waals surface area (Å²) in [6.07, 6.45) is 3.86. The molecule has 3 rings (SSSR count). The first-order valence-electron chi connectivity index (χ1n) is 7.79. The van der Waals surface area contributed by atoms with Crippen LogP contribution in [-0.2, 0) is 22.4 Å². The van der Waals surface area contributed by atoms with E-state index >= 15 is 0 Å². The molecule has 1 amide bonds. The highest BCUT2D eigenvalue weighted by molar-refractivity contribution is 7.13. The van der Waals surface area contributed by atoms with Gasteiger partial charge >= 0.3 is 6.09 Å². The molecule has 0 fully saturated rings. The van der Waals surface area contributed by atoms with Crippen molar-refractivity contribution in [2.45, 2.75) is 45.8 Å². The number of carbonyl (C=O) groups is 1. The van der Waals surface area contributed by atoms with Crippen LogP contribution >= 0.6 is 11.3 Å². The van der Waals surface area contributed by atoms with E-state index in [0.717, 1.165) is 26.0 Å². The topological polar surface area (TPSA) is 38.8 Å². The lowest BCUT2D eigenvalue weighted by molar-refractivity contribution is 0.0225. The fourth-order valence-electron chi connectivity index (χ4n) is 2.72. The number of fused-ring (bicyclic) bond motifs is 1. The maximum Gasteiger partial charge on any atom is 0.410 e. The highest BCUT2D eigenvalue weighted by Gasteiger charge is 2.27. The summed E-state index contributed by atoms with van der Waals surface area (Å²) in [6, 6.07) is 2.24. The monoisotopic (exact) mass is 321 g/mol. The van der Waals surface area contributed by atoms with Crippen LogP contribution in [0.25, 0.3) is 5.57 Å². The Labute approximate surface area is 135 Å². The number of hydrogen-bond acceptors (Lipinski definition) is 4. The first kappa shape index (κ1) is 15.6. The van der Waals surface area contributed by atoms with Crippen LogP contribution in [0.15, 0.2) is 12.1 Å². The van der Waals surface area contributed by atoms with Gasteiger partial charge in [-0.25, -0.2) is 4.79 Å². The number of hydrogen-bond donors (Lipinski definition) is 0. The quantitative estimate of drug-likeness (QED) is 0.789. The van der Waals surface area contributed by atoms with E-state index in [4.69, 9.17) is 9.47 Å². The minimum Gasteiger partial charge on any atom is -0.444 e. The zero-order valence-corrected chi connectivity index (χ0v) is 14.3. The van der Waals surface area contributed by atoms with Gasteiger partial charge in [-0.05, 0) is 50.8 Å². The largest absolute Gasteiger partial charge is 0.444 e. The molecule has 5 heteroatoms. The van der Waals surface area contributed by atoms with Crippen LogP contribution in [0.3, 0.4) is 0 Å². The molecule has 1 aromatic heterocycles. The van der Waals surface area contributed by atoms with E-state index < -0.39 is 5.60 Å². The van der Waals surface area contributed by atoms with Gasteiger partial charge in [-0.15, -0.1) is 11.3 Å². The van der Waals surface area contributed by atoms with E-state index in [0.29, 0.717) is 13.2 Å². The van der Waals surface area contributed by atoms with Crippen LogP contribution in [0.5, 0.6) is 0 Å². The van der Waals surface area contributed by atoms with Crippen molar-refractivity contribution < 1.29 is 14.3 Å². The van der Waals surface area contributed by atoms with Crippen molar-refractivity contribution in [1.29, 1.82) is 0 Å². The first-order chi connectivity index (χ1) is 10.4. The third-order valence-electron chi connectivity index (χ3n) is 3.80. The van der Waals surface area contributed by atoms with Gasteiger partial charge in [-0.2, -0.15) is 0 Å². The summed E-state index contributed by atoms with van der Waals surface area (Å²) in [7, 11) is 0. The molecule has 120 valence electrons. The number of rotatable bonds is 1. The Morgan fingerprint density at radius 1 is 1.36 bits per heavy atom. The predicted octanol–water partition coefficient (Wildman–Crippen LogP) is 3.85. The molecule has 0 spiro atoms. The third kappa shape index (κ3) is 3.52. The second-order valence-corrected chi connectivity index (χ2v) is 7.90. The number of nitrogens with zero attached hydrogens (tertiary/aromatic N) is 1. The maximum absolute atomic E-state index is 12.2. The molecule has 2 aliphatic rings. The van der Waals surface area contributed by atoms with Gasteiger partial charge < -0.3 is 14.4 Å². The summed E-state index contributed by atoms with van der Waals surface area (Å²) in [5.41, 5.74) is 2.21. The van der Waals surface area contributed by atoms with Gasteiger partial charge in [0, 0.05) is 16.3 Å². The van der Waals surface area contributed by atoms with Gasteiger partial charge in [-0.1, -0.05) is 6.08 Å². The summed E-state index contributed by atoms with van der Waals surface area (Å²) in [5.74, 6) is 0. The molecule has 1 aromatic rings. The van der Waals surface area contributed by atoms with Crippen LogP contribution < -0.4 is 0 Å². The zero-order chi connectivity index (χ0) is 15.7. The van der Waals surface area contributed by atoms with Crippen LogP contribution in [0.2, 0.25) is 0 Å². The minimum atomic E-state index is -0.440. The summed E-state index contributed by atoms with van der Waals surface area (Å²) < 4.78 is 10.9. The van der Waals surface area contributed by atoms with Crippen molar-refractivity contribution in [3.8, 4) is 0 Å². The molecule has 0 saturated carbocycles. The second kappa shape index (κ2) is 6.05. The maximum atomic E-state index is 12.2. The van der Waals surface area contributed by atoms with Gasteiger partial charge in [0.2, 0.25) is 0 Å². The first-order valence-corrected chi connectivity index (χ1v) is 8.61. The molecule has 0 bridgehead atoms. The van der Waals surface area contributed by atoms with Crippen LogP contribution in [0, 0.1) is 0 Å². The normalized spacial score (nSPS) is 18.7. The van der Waals surface area contributed by atoms with Crippen LogP contribution in [0.1, 0.15) is 42.5 Å². The highest BCUT2D eigenvalue weighted by atomic mass is 32.1. The van der Waals surface area contributed by atoms with Crippen molar-refractivity contribution in [3.63, 3.8) is 0 Å². The van der Waals surface area contributed by atoms with E-state index in [1.54, 1.807) is 0 Å². The SMILES string of the molecule is CC(C)(C)OC(=O)N1CCc2sc(C3=CCOCC3)cc2C1. The molecule has 0 radical (unpaired) electrons. The van der Waals surface area contributed by atoms with Crippen molar-refractivity contribution in [2.24, 2.45) is 0 Å². The summed E-state index contributed by atoms with van der Waals surface area (Å²) in [6.45, 7) is 8.62. The second-order valence-electron chi connectivity index (χ2n) is 6.77. The van der Waals surface area contributed by atoms with Crippen molar-refractivity contribution >= 4 is 23.0 Å². The van der Waals surface area contributed by atoms with Gasteiger partial charge in [-0.3, -0.25) is 0 Å². The Kier molecular flexibility index (Phi) is 4.28. The summed E-state index contributed by atoms with van der Waals surface area (Å²) >= 11 is 1.87. The smallest absolute Gasteiger partial charge is 0.410 e. The number of amides is 1. The molecule has 4 nitrogen and oxygen atoms in total. The van der Waals surface area contributed by atoms with Crippen LogP contribution in [0.4, 0.5) is 4.79 Å². The standard InChI is InChI=1S/C17H23NO3S/c1-17(2,3)21-16(19)18-7-4-14-13(11-18)10-15(22-14)12-5-8-20-9-6-12/h5,10H,4,6-9,11H2,1-3H3. The van der Waals surface area contributed by atoms with E-state index in [1.165, 1.54) is 20.9 Å². The molecule has 0 N–H and O–H groups in total. The van der Waals surface area contributed by atoms with E-state index in [-0.39, 0.29) is 6.09 Å². The molecule has 0 atom stereocenters. The predicted molar refractivity (Wildman–Crippen MR) is 88.1 cm³/mol. The van der Waals surface area contributed by atoms with Gasteiger partial charge in [0.15, 0.2) is 0 Å². The number of ether oxygens (including phenoxy) is 2. The Hall–Kier alpha value is -1.33. The molecule has 0 aliphatic carbocycles. The molecule has 2 aliphatic heterocycles. The van der Waals surface area contributed by atoms with Crippen molar-refractivity contribution in [1.82, 2.24) is 4.90 Å². The summed E-state index contributed by atoms with van der Waals surface area (Å²) in [4.78, 5) is 16.8. The number of thiophene rings is 1. The molecular formula is C17H23NO3S. The zero-order valence-electron chi connectivity index (χ0n) is 13.5. The fourth-order valence-corrected chi connectivity index (χ4v) is 3.96. The molecular weight excluding hydrogens is 298 g/mol. The molecule has 3 heterocycles. The van der Waals surface area contributed by atoms with E-state index in [1.807, 2.05) is 37.0 Å². The fraction of sp³-hybridized carbons (Fsp3) is 0.588.